The van der Waals surface area contributed by atoms with E-state index in [2.05, 4.69) is 12.2 Å². The Morgan fingerprint density at radius 3 is 2.63 bits per heavy atom. The van der Waals surface area contributed by atoms with Crippen LogP contribution in [0.1, 0.15) is 59.8 Å². The van der Waals surface area contributed by atoms with Gasteiger partial charge in [-0.15, -0.1) is 0 Å². The van der Waals surface area contributed by atoms with Gasteiger partial charge in [0.2, 0.25) is 0 Å². The molecule has 1 saturated heterocycles. The Morgan fingerprint density at radius 1 is 1.37 bits per heavy atom. The van der Waals surface area contributed by atoms with Crippen molar-refractivity contribution in [1.82, 2.24) is 10.2 Å². The monoisotopic (exact) mass is 268 g/mol. The van der Waals surface area contributed by atoms with E-state index in [1.807, 2.05) is 25.7 Å². The Labute approximate surface area is 116 Å². The molecule has 1 heterocycles. The van der Waals surface area contributed by atoms with E-state index in [1.165, 1.54) is 12.8 Å². The number of carbonyl (C=O) groups excluding carboxylic acids is 1. The van der Waals surface area contributed by atoms with Crippen molar-refractivity contribution in [2.45, 2.75) is 83.5 Å². The van der Waals surface area contributed by atoms with Crippen LogP contribution in [-0.4, -0.2) is 41.3 Å². The van der Waals surface area contributed by atoms with Gasteiger partial charge in [0.25, 0.3) is 0 Å². The van der Waals surface area contributed by atoms with E-state index >= 15 is 0 Å². The molecule has 2 aliphatic rings. The van der Waals surface area contributed by atoms with Crippen LogP contribution >= 0.6 is 0 Å². The van der Waals surface area contributed by atoms with Crippen molar-refractivity contribution in [3.05, 3.63) is 0 Å². The first kappa shape index (κ1) is 14.6. The van der Waals surface area contributed by atoms with Crippen LogP contribution in [0.5, 0.6) is 0 Å². The van der Waals surface area contributed by atoms with Crippen molar-refractivity contribution in [2.75, 3.05) is 6.54 Å². The molecule has 0 aromatic carbocycles. The summed E-state index contributed by atoms with van der Waals surface area (Å²) in [6, 6.07) is 1.56. The van der Waals surface area contributed by atoms with Crippen LogP contribution in [0.3, 0.4) is 0 Å². The number of hydrogen-bond donors (Lipinski definition) is 1. The maximum Gasteiger partial charge on any atom is 0.410 e. The summed E-state index contributed by atoms with van der Waals surface area (Å²) >= 11 is 0. The Hall–Kier alpha value is -0.770. The molecule has 0 radical (unpaired) electrons. The average Bonchev–Trinajstić information content (AvgIpc) is 2.92. The average molecular weight is 268 g/mol. The minimum atomic E-state index is -0.401. The van der Waals surface area contributed by atoms with Crippen molar-refractivity contribution in [1.29, 1.82) is 0 Å². The van der Waals surface area contributed by atoms with Gasteiger partial charge >= 0.3 is 6.09 Å². The van der Waals surface area contributed by atoms with Gasteiger partial charge in [-0.2, -0.15) is 0 Å². The summed E-state index contributed by atoms with van der Waals surface area (Å²) in [5.74, 6) is 0. The second-order valence-corrected chi connectivity index (χ2v) is 7.05. The third-order valence-electron chi connectivity index (χ3n) is 3.73. The number of likely N-dealkylation sites (tertiary alicyclic amines) is 1. The lowest BCUT2D eigenvalue weighted by Gasteiger charge is -2.30. The van der Waals surface area contributed by atoms with Gasteiger partial charge in [0, 0.05) is 24.7 Å². The molecule has 2 fully saturated rings. The highest BCUT2D eigenvalue weighted by Gasteiger charge is 2.33. The van der Waals surface area contributed by atoms with Crippen molar-refractivity contribution in [3.63, 3.8) is 0 Å². The number of hydrogen-bond acceptors (Lipinski definition) is 3. The number of ether oxygens (including phenoxy) is 1. The van der Waals surface area contributed by atoms with Crippen molar-refractivity contribution in [2.24, 2.45) is 0 Å². The highest BCUT2D eigenvalue weighted by atomic mass is 16.6. The van der Waals surface area contributed by atoms with Gasteiger partial charge in [0.15, 0.2) is 0 Å². The van der Waals surface area contributed by atoms with Crippen LogP contribution in [0.2, 0.25) is 0 Å². The lowest BCUT2D eigenvalue weighted by Crippen LogP contribution is -2.42. The van der Waals surface area contributed by atoms with Gasteiger partial charge in [-0.05, 0) is 59.8 Å². The molecular formula is C15H28N2O2. The van der Waals surface area contributed by atoms with Gasteiger partial charge in [-0.25, -0.2) is 4.79 Å². The number of nitrogens with zero attached hydrogens (tertiary/aromatic N) is 1. The normalized spacial score (nSPS) is 25.5. The highest BCUT2D eigenvalue weighted by molar-refractivity contribution is 5.68. The zero-order chi connectivity index (χ0) is 14.0. The molecule has 0 bridgehead atoms. The molecule has 1 N–H and O–H groups in total. The fourth-order valence-electron chi connectivity index (χ4n) is 2.77. The van der Waals surface area contributed by atoms with Crippen molar-refractivity contribution < 1.29 is 9.53 Å². The first-order chi connectivity index (χ1) is 8.85. The van der Waals surface area contributed by atoms with Crippen LogP contribution in [0.25, 0.3) is 0 Å². The molecule has 19 heavy (non-hydrogen) atoms. The first-order valence-electron chi connectivity index (χ1n) is 7.61. The zero-order valence-corrected chi connectivity index (χ0v) is 12.7. The molecule has 2 atom stereocenters. The fraction of sp³-hybridized carbons (Fsp3) is 0.933. The first-order valence-corrected chi connectivity index (χ1v) is 7.61. The van der Waals surface area contributed by atoms with E-state index in [9.17, 15) is 4.79 Å². The summed E-state index contributed by atoms with van der Waals surface area (Å²) in [4.78, 5) is 14.1. The smallest absolute Gasteiger partial charge is 0.410 e. The number of amides is 1. The van der Waals surface area contributed by atoms with Crippen LogP contribution < -0.4 is 5.32 Å². The molecular weight excluding hydrogens is 240 g/mol. The summed E-state index contributed by atoms with van der Waals surface area (Å²) in [7, 11) is 0. The van der Waals surface area contributed by atoms with E-state index in [-0.39, 0.29) is 6.09 Å². The maximum absolute atomic E-state index is 12.2. The molecule has 1 aliphatic carbocycles. The number of carbonyl (C=O) groups is 1. The topological polar surface area (TPSA) is 41.6 Å². The third kappa shape index (κ3) is 4.68. The van der Waals surface area contributed by atoms with E-state index < -0.39 is 5.60 Å². The lowest BCUT2D eigenvalue weighted by molar-refractivity contribution is 0.0214. The Kier molecular flexibility index (Phi) is 4.39. The van der Waals surface area contributed by atoms with E-state index in [1.54, 1.807) is 0 Å². The summed E-state index contributed by atoms with van der Waals surface area (Å²) in [5, 5.41) is 3.61. The minimum Gasteiger partial charge on any atom is -0.444 e. The van der Waals surface area contributed by atoms with Gasteiger partial charge in [0.1, 0.15) is 5.60 Å². The predicted octanol–water partition coefficient (Wildman–Crippen LogP) is 2.92. The second-order valence-electron chi connectivity index (χ2n) is 7.05. The molecule has 2 rings (SSSR count). The van der Waals surface area contributed by atoms with Crippen molar-refractivity contribution in [3.8, 4) is 0 Å². The summed E-state index contributed by atoms with van der Waals surface area (Å²) in [5.41, 5.74) is -0.401. The van der Waals surface area contributed by atoms with Gasteiger partial charge in [0.05, 0.1) is 0 Å². The minimum absolute atomic E-state index is 0.145. The largest absolute Gasteiger partial charge is 0.444 e. The molecule has 0 aromatic rings. The Bertz CT molecular complexity index is 321. The molecule has 4 nitrogen and oxygen atoms in total. The van der Waals surface area contributed by atoms with Gasteiger partial charge in [-0.3, -0.25) is 0 Å². The second kappa shape index (κ2) is 5.70. The Morgan fingerprint density at radius 2 is 2.05 bits per heavy atom. The molecule has 110 valence electrons. The molecule has 1 saturated carbocycles. The standard InChI is InChI=1S/C15H28N2O2/c1-11(16-12-7-8-12)10-13-6-5-9-17(13)14(18)19-15(2,3)4/h11-13,16H,5-10H2,1-4H3. The van der Waals surface area contributed by atoms with Crippen LogP contribution in [0.15, 0.2) is 0 Å². The van der Waals surface area contributed by atoms with Crippen LogP contribution in [0, 0.1) is 0 Å². The lowest BCUT2D eigenvalue weighted by atomic mass is 10.1. The maximum atomic E-state index is 12.2. The van der Waals surface area contributed by atoms with E-state index in [0.29, 0.717) is 12.1 Å². The molecule has 1 aliphatic heterocycles. The van der Waals surface area contributed by atoms with Gasteiger partial charge < -0.3 is 15.0 Å². The third-order valence-corrected chi connectivity index (χ3v) is 3.73. The molecule has 4 heteroatoms. The quantitative estimate of drug-likeness (QED) is 0.852. The number of nitrogens with one attached hydrogen (secondary N) is 1. The van der Waals surface area contributed by atoms with E-state index in [0.717, 1.165) is 31.8 Å². The Balaban J connectivity index is 1.83. The van der Waals surface area contributed by atoms with Crippen LogP contribution in [-0.2, 0) is 4.74 Å². The molecule has 0 aromatic heterocycles. The fourth-order valence-corrected chi connectivity index (χ4v) is 2.77. The number of rotatable bonds is 4. The molecule has 1 amide bonds. The summed E-state index contributed by atoms with van der Waals surface area (Å²) < 4.78 is 5.49. The molecule has 0 spiro atoms. The van der Waals surface area contributed by atoms with Crippen molar-refractivity contribution >= 4 is 6.09 Å². The van der Waals surface area contributed by atoms with E-state index in [4.69, 9.17) is 4.74 Å². The molecule has 2 unspecified atom stereocenters. The predicted molar refractivity (Wildman–Crippen MR) is 76.2 cm³/mol. The summed E-state index contributed by atoms with van der Waals surface area (Å²) in [6.45, 7) is 8.84. The van der Waals surface area contributed by atoms with Crippen LogP contribution in [0.4, 0.5) is 4.79 Å². The SMILES string of the molecule is CC(CC1CCCN1C(=O)OC(C)(C)C)NC1CC1. The summed E-state index contributed by atoms with van der Waals surface area (Å²) in [6.07, 6.45) is 5.72. The zero-order valence-electron chi connectivity index (χ0n) is 12.7. The van der Waals surface area contributed by atoms with Gasteiger partial charge in [-0.1, -0.05) is 0 Å². The highest BCUT2D eigenvalue weighted by Crippen LogP contribution is 2.25.